The summed E-state index contributed by atoms with van der Waals surface area (Å²) in [5.41, 5.74) is 0.405. The van der Waals surface area contributed by atoms with Gasteiger partial charge in [0.15, 0.2) is 11.5 Å². The second-order valence-electron chi connectivity index (χ2n) is 5.41. The second-order valence-corrected chi connectivity index (χ2v) is 5.41. The monoisotopic (exact) mass is 372 g/mol. The molecule has 1 saturated heterocycles. The van der Waals surface area contributed by atoms with E-state index >= 15 is 0 Å². The summed E-state index contributed by atoms with van der Waals surface area (Å²) in [6.07, 6.45) is 1.25. The van der Waals surface area contributed by atoms with Crippen LogP contribution in [0.2, 0.25) is 0 Å². The van der Waals surface area contributed by atoms with E-state index in [1.807, 2.05) is 10.6 Å². The van der Waals surface area contributed by atoms with Crippen LogP contribution in [0.15, 0.2) is 34.3 Å². The first-order valence-electron chi connectivity index (χ1n) is 7.75. The molecule has 0 spiro atoms. The zero-order chi connectivity index (χ0) is 19.6. The Morgan fingerprint density at radius 3 is 2.00 bits per heavy atom. The summed E-state index contributed by atoms with van der Waals surface area (Å²) in [5, 5.41) is 3.99. The average molecular weight is 372 g/mol. The number of nitrogens with one attached hydrogen (secondary N) is 2. The van der Waals surface area contributed by atoms with Gasteiger partial charge in [0.1, 0.15) is 17.1 Å². The van der Waals surface area contributed by atoms with Crippen molar-refractivity contribution in [2.75, 3.05) is 21.3 Å². The summed E-state index contributed by atoms with van der Waals surface area (Å²) in [6.45, 7) is 0. The maximum absolute atomic E-state index is 11.8. The highest BCUT2D eigenvalue weighted by Crippen LogP contribution is 2.41. The van der Waals surface area contributed by atoms with Gasteiger partial charge < -0.3 is 18.6 Å². The maximum Gasteiger partial charge on any atom is 0.328 e. The lowest BCUT2D eigenvalue weighted by Crippen LogP contribution is -2.51. The number of hydrogen-bond donors (Lipinski definition) is 2. The van der Waals surface area contributed by atoms with Crippen LogP contribution in [0.1, 0.15) is 5.76 Å². The number of carbonyl (C=O) groups excluding carboxylic acids is 3. The molecule has 3 rings (SSSR count). The lowest BCUT2D eigenvalue weighted by molar-refractivity contribution is -0.123. The van der Waals surface area contributed by atoms with E-state index in [4.69, 9.17) is 18.6 Å². The molecule has 2 N–H and O–H groups in total. The predicted octanol–water partition coefficient (Wildman–Crippen LogP) is 1.72. The van der Waals surface area contributed by atoms with Crippen molar-refractivity contribution in [1.82, 2.24) is 10.6 Å². The highest BCUT2D eigenvalue weighted by molar-refractivity contribution is 6.31. The lowest BCUT2D eigenvalue weighted by Gasteiger charge is -2.13. The fraction of sp³-hybridized carbons (Fsp3) is 0.167. The van der Waals surface area contributed by atoms with Crippen molar-refractivity contribution in [3.63, 3.8) is 0 Å². The van der Waals surface area contributed by atoms with Crippen LogP contribution in [0.3, 0.4) is 0 Å². The van der Waals surface area contributed by atoms with Gasteiger partial charge in [0.05, 0.1) is 21.3 Å². The average Bonchev–Trinajstić information content (AvgIpc) is 3.12. The van der Waals surface area contributed by atoms with Crippen LogP contribution < -0.4 is 24.8 Å². The molecule has 1 fully saturated rings. The minimum absolute atomic E-state index is 0.236. The van der Waals surface area contributed by atoms with E-state index in [1.165, 1.54) is 27.4 Å². The molecule has 0 aliphatic carbocycles. The summed E-state index contributed by atoms with van der Waals surface area (Å²) in [6, 6.07) is 5.80. The van der Waals surface area contributed by atoms with E-state index in [9.17, 15) is 14.4 Å². The highest BCUT2D eigenvalue weighted by Gasteiger charge is 2.28. The SMILES string of the molecule is COc1cc(-c2ccc(C=C3C(=O)NC(=O)NC3=O)o2)cc(OC)c1OC. The van der Waals surface area contributed by atoms with E-state index in [2.05, 4.69) is 0 Å². The van der Waals surface area contributed by atoms with Gasteiger partial charge >= 0.3 is 6.03 Å². The molecular weight excluding hydrogens is 356 g/mol. The molecule has 0 bridgehead atoms. The van der Waals surface area contributed by atoms with Gasteiger partial charge in [-0.2, -0.15) is 0 Å². The first-order valence-corrected chi connectivity index (χ1v) is 7.75. The van der Waals surface area contributed by atoms with Crippen LogP contribution in [0.25, 0.3) is 17.4 Å². The van der Waals surface area contributed by atoms with Gasteiger partial charge in [0.25, 0.3) is 11.8 Å². The summed E-state index contributed by atoms with van der Waals surface area (Å²) in [7, 11) is 4.50. The topological polar surface area (TPSA) is 116 Å². The largest absolute Gasteiger partial charge is 0.493 e. The molecule has 1 aromatic carbocycles. The normalized spacial score (nSPS) is 13.7. The zero-order valence-electron chi connectivity index (χ0n) is 14.7. The Morgan fingerprint density at radius 2 is 1.48 bits per heavy atom. The Bertz CT molecular complexity index is 911. The van der Waals surface area contributed by atoms with E-state index in [1.54, 1.807) is 24.3 Å². The molecule has 27 heavy (non-hydrogen) atoms. The van der Waals surface area contributed by atoms with Gasteiger partial charge in [0.2, 0.25) is 5.75 Å². The van der Waals surface area contributed by atoms with Gasteiger partial charge in [-0.05, 0) is 30.3 Å². The van der Waals surface area contributed by atoms with Crippen molar-refractivity contribution in [1.29, 1.82) is 0 Å². The molecule has 2 aromatic rings. The Hall–Kier alpha value is -3.75. The molecule has 1 aromatic heterocycles. The Morgan fingerprint density at radius 1 is 0.889 bits per heavy atom. The molecule has 9 nitrogen and oxygen atoms in total. The molecule has 0 saturated carbocycles. The fourth-order valence-corrected chi connectivity index (χ4v) is 2.56. The number of hydrogen-bond acceptors (Lipinski definition) is 7. The van der Waals surface area contributed by atoms with Crippen LogP contribution in [-0.4, -0.2) is 39.2 Å². The molecule has 0 unspecified atom stereocenters. The summed E-state index contributed by atoms with van der Waals surface area (Å²) < 4.78 is 21.6. The number of carbonyl (C=O) groups is 3. The summed E-state index contributed by atoms with van der Waals surface area (Å²) in [5.74, 6) is 0.462. The van der Waals surface area contributed by atoms with Gasteiger partial charge in [-0.1, -0.05) is 0 Å². The maximum atomic E-state index is 11.8. The van der Waals surface area contributed by atoms with Crippen molar-refractivity contribution in [2.45, 2.75) is 0 Å². The van der Waals surface area contributed by atoms with E-state index < -0.39 is 17.8 Å². The number of urea groups is 1. The standard InChI is InChI=1S/C18H16N2O7/c1-24-13-6-9(7-14(25-2)15(13)26-3)12-5-4-10(27-12)8-11-16(21)19-18(23)20-17(11)22/h4-8H,1-3H3,(H2,19,20,21,22,23). The van der Waals surface area contributed by atoms with Crippen molar-refractivity contribution >= 4 is 23.9 Å². The lowest BCUT2D eigenvalue weighted by atomic mass is 10.1. The van der Waals surface area contributed by atoms with Crippen LogP contribution in [-0.2, 0) is 9.59 Å². The highest BCUT2D eigenvalue weighted by atomic mass is 16.5. The second kappa shape index (κ2) is 7.24. The third-order valence-electron chi connectivity index (χ3n) is 3.81. The third-order valence-corrected chi connectivity index (χ3v) is 3.81. The molecular formula is C18H16N2O7. The van der Waals surface area contributed by atoms with Crippen molar-refractivity contribution in [3.8, 4) is 28.6 Å². The predicted molar refractivity (Wildman–Crippen MR) is 93.5 cm³/mol. The first-order chi connectivity index (χ1) is 13.0. The summed E-state index contributed by atoms with van der Waals surface area (Å²) >= 11 is 0. The molecule has 0 atom stereocenters. The fourth-order valence-electron chi connectivity index (χ4n) is 2.56. The number of amides is 4. The van der Waals surface area contributed by atoms with E-state index in [0.29, 0.717) is 28.6 Å². The van der Waals surface area contributed by atoms with E-state index in [0.717, 1.165) is 0 Å². The van der Waals surface area contributed by atoms with Gasteiger partial charge in [-0.15, -0.1) is 0 Å². The minimum atomic E-state index is -0.861. The van der Waals surface area contributed by atoms with Crippen LogP contribution in [0.4, 0.5) is 4.79 Å². The van der Waals surface area contributed by atoms with Crippen molar-refractivity contribution in [3.05, 3.63) is 35.6 Å². The Balaban J connectivity index is 1.97. The minimum Gasteiger partial charge on any atom is -0.493 e. The molecule has 1 aliphatic rings. The molecule has 9 heteroatoms. The van der Waals surface area contributed by atoms with Crippen molar-refractivity contribution in [2.24, 2.45) is 0 Å². The quantitative estimate of drug-likeness (QED) is 0.606. The third kappa shape index (κ3) is 3.47. The molecule has 0 radical (unpaired) electrons. The number of methoxy groups -OCH3 is 3. The number of ether oxygens (including phenoxy) is 3. The molecule has 4 amide bonds. The Kier molecular flexibility index (Phi) is 4.84. The molecule has 140 valence electrons. The molecule has 2 heterocycles. The van der Waals surface area contributed by atoms with Crippen LogP contribution in [0, 0.1) is 0 Å². The summed E-state index contributed by atoms with van der Waals surface area (Å²) in [4.78, 5) is 34.7. The first kappa shape index (κ1) is 18.1. The van der Waals surface area contributed by atoms with Crippen molar-refractivity contribution < 1.29 is 33.0 Å². The number of barbiturate groups is 1. The smallest absolute Gasteiger partial charge is 0.328 e. The number of rotatable bonds is 5. The van der Waals surface area contributed by atoms with Gasteiger partial charge in [-0.3, -0.25) is 20.2 Å². The Labute approximate surface area is 153 Å². The number of furan rings is 1. The van der Waals surface area contributed by atoms with Crippen LogP contribution in [0.5, 0.6) is 17.2 Å². The van der Waals surface area contributed by atoms with Gasteiger partial charge in [-0.25, -0.2) is 4.79 Å². The zero-order valence-corrected chi connectivity index (χ0v) is 14.7. The van der Waals surface area contributed by atoms with E-state index in [-0.39, 0.29) is 11.3 Å². The number of imide groups is 2. The van der Waals surface area contributed by atoms with Gasteiger partial charge in [0, 0.05) is 5.56 Å². The molecule has 1 aliphatic heterocycles. The van der Waals surface area contributed by atoms with Crippen LogP contribution >= 0.6 is 0 Å². The number of benzene rings is 1.